The van der Waals surface area contributed by atoms with Crippen molar-refractivity contribution in [2.75, 3.05) is 5.32 Å². The van der Waals surface area contributed by atoms with Crippen molar-refractivity contribution >= 4 is 27.4 Å². The molecule has 0 bridgehead atoms. The highest BCUT2D eigenvalue weighted by Gasteiger charge is 2.04. The first-order valence-electron chi connectivity index (χ1n) is 4.63. The summed E-state index contributed by atoms with van der Waals surface area (Å²) in [4.78, 5) is 7.79. The molecule has 0 unspecified atom stereocenters. The molecule has 0 saturated heterocycles. The number of nitriles is 1. The summed E-state index contributed by atoms with van der Waals surface area (Å²) < 4.78 is 14.2. The van der Waals surface area contributed by atoms with Crippen LogP contribution in [0.3, 0.4) is 0 Å². The Morgan fingerprint density at radius 1 is 1.29 bits per heavy atom. The molecule has 0 radical (unpaired) electrons. The fraction of sp³-hybridized carbons (Fsp3) is 0. The fourth-order valence-electron chi connectivity index (χ4n) is 1.23. The van der Waals surface area contributed by atoms with Crippen LogP contribution in [0.2, 0.25) is 0 Å². The molecule has 0 amide bonds. The van der Waals surface area contributed by atoms with Gasteiger partial charge in [-0.05, 0) is 34.1 Å². The summed E-state index contributed by atoms with van der Waals surface area (Å²) in [6, 6.07) is 7.67. The third kappa shape index (κ3) is 2.77. The smallest absolute Gasteiger partial charge is 0.147 e. The number of hydrogen-bond donors (Lipinski definition) is 1. The van der Waals surface area contributed by atoms with Crippen LogP contribution in [0.25, 0.3) is 0 Å². The highest BCUT2D eigenvalue weighted by atomic mass is 79.9. The Kier molecular flexibility index (Phi) is 3.30. The predicted molar refractivity (Wildman–Crippen MR) is 64.1 cm³/mol. The van der Waals surface area contributed by atoms with Crippen LogP contribution in [0.1, 0.15) is 5.56 Å². The third-order valence-electron chi connectivity index (χ3n) is 1.99. The maximum absolute atomic E-state index is 13.6. The Balaban J connectivity index is 2.28. The highest BCUT2D eigenvalue weighted by molar-refractivity contribution is 9.10. The molecule has 0 saturated carbocycles. The fourth-order valence-corrected chi connectivity index (χ4v) is 1.53. The number of hydrogen-bond acceptors (Lipinski definition) is 4. The zero-order chi connectivity index (χ0) is 12.3. The van der Waals surface area contributed by atoms with Crippen molar-refractivity contribution in [2.24, 2.45) is 0 Å². The van der Waals surface area contributed by atoms with E-state index in [9.17, 15) is 4.39 Å². The van der Waals surface area contributed by atoms with Crippen LogP contribution >= 0.6 is 15.9 Å². The van der Waals surface area contributed by atoms with Gasteiger partial charge < -0.3 is 5.32 Å². The van der Waals surface area contributed by atoms with Crippen molar-refractivity contribution in [3.8, 4) is 6.07 Å². The third-order valence-corrected chi connectivity index (χ3v) is 2.43. The zero-order valence-corrected chi connectivity index (χ0v) is 10.1. The topological polar surface area (TPSA) is 61.6 Å². The lowest BCUT2D eigenvalue weighted by atomic mass is 10.2. The van der Waals surface area contributed by atoms with E-state index in [1.165, 1.54) is 24.5 Å². The first kappa shape index (κ1) is 11.5. The number of nitrogens with zero attached hydrogens (tertiary/aromatic N) is 3. The second-order valence-electron chi connectivity index (χ2n) is 3.16. The maximum atomic E-state index is 13.6. The Morgan fingerprint density at radius 3 is 2.76 bits per heavy atom. The molecule has 4 nitrogen and oxygen atoms in total. The first-order chi connectivity index (χ1) is 8.19. The SMILES string of the molecule is N#Cc1ccc(Nc2cc(Br)ncn2)c(F)c1. The molecule has 0 aliphatic carbocycles. The molecule has 1 aromatic carbocycles. The van der Waals surface area contributed by atoms with Crippen molar-refractivity contribution in [3.63, 3.8) is 0 Å². The van der Waals surface area contributed by atoms with E-state index in [0.29, 0.717) is 10.4 Å². The molecule has 0 atom stereocenters. The quantitative estimate of drug-likeness (QED) is 0.865. The van der Waals surface area contributed by atoms with Gasteiger partial charge in [0.25, 0.3) is 0 Å². The number of rotatable bonds is 2. The average Bonchev–Trinajstić information content (AvgIpc) is 2.32. The molecule has 1 aromatic heterocycles. The summed E-state index contributed by atoms with van der Waals surface area (Å²) in [6.07, 6.45) is 1.36. The monoisotopic (exact) mass is 292 g/mol. The first-order valence-corrected chi connectivity index (χ1v) is 5.42. The average molecular weight is 293 g/mol. The van der Waals surface area contributed by atoms with Gasteiger partial charge in [-0.3, -0.25) is 0 Å². The summed E-state index contributed by atoms with van der Waals surface area (Å²) in [6.45, 7) is 0. The van der Waals surface area contributed by atoms with E-state index in [4.69, 9.17) is 5.26 Å². The Hall–Kier alpha value is -2.00. The minimum Gasteiger partial charge on any atom is -0.338 e. The standard InChI is InChI=1S/C11H6BrFN4/c12-10-4-11(16-6-15-10)17-9-2-1-7(5-14)3-8(9)13/h1-4,6H,(H,15,16,17). The normalized spacial score (nSPS) is 9.71. The van der Waals surface area contributed by atoms with Crippen molar-refractivity contribution in [3.05, 3.63) is 46.6 Å². The predicted octanol–water partition coefficient (Wildman–Crippen LogP) is 2.99. The molecule has 6 heteroatoms. The van der Waals surface area contributed by atoms with Crippen LogP contribution < -0.4 is 5.32 Å². The van der Waals surface area contributed by atoms with Gasteiger partial charge in [-0.25, -0.2) is 14.4 Å². The van der Waals surface area contributed by atoms with Crippen LogP contribution in [0, 0.1) is 17.1 Å². The summed E-state index contributed by atoms with van der Waals surface area (Å²) >= 11 is 3.19. The minimum atomic E-state index is -0.501. The summed E-state index contributed by atoms with van der Waals surface area (Å²) in [5.41, 5.74) is 0.534. The van der Waals surface area contributed by atoms with Gasteiger partial charge >= 0.3 is 0 Å². The van der Waals surface area contributed by atoms with E-state index in [1.54, 1.807) is 6.07 Å². The summed E-state index contributed by atoms with van der Waals surface area (Å²) in [5, 5.41) is 11.4. The lowest BCUT2D eigenvalue weighted by molar-refractivity contribution is 0.631. The molecule has 0 fully saturated rings. The maximum Gasteiger partial charge on any atom is 0.147 e. The Morgan fingerprint density at radius 2 is 2.12 bits per heavy atom. The molecule has 0 aliphatic heterocycles. The van der Waals surface area contributed by atoms with E-state index in [-0.39, 0.29) is 11.3 Å². The van der Waals surface area contributed by atoms with Crippen LogP contribution in [-0.2, 0) is 0 Å². The van der Waals surface area contributed by atoms with E-state index < -0.39 is 5.82 Å². The number of aromatic nitrogens is 2. The molecular formula is C11H6BrFN4. The molecule has 1 heterocycles. The number of halogens is 2. The van der Waals surface area contributed by atoms with Crippen LogP contribution in [0.5, 0.6) is 0 Å². The molecule has 84 valence electrons. The highest BCUT2D eigenvalue weighted by Crippen LogP contribution is 2.20. The lowest BCUT2D eigenvalue weighted by Crippen LogP contribution is -1.97. The zero-order valence-electron chi connectivity index (χ0n) is 8.48. The van der Waals surface area contributed by atoms with Gasteiger partial charge in [0.1, 0.15) is 22.6 Å². The molecule has 2 rings (SSSR count). The van der Waals surface area contributed by atoms with Crippen molar-refractivity contribution in [1.29, 1.82) is 5.26 Å². The van der Waals surface area contributed by atoms with Gasteiger partial charge in [-0.2, -0.15) is 5.26 Å². The second-order valence-corrected chi connectivity index (χ2v) is 3.97. The molecule has 2 aromatic rings. The van der Waals surface area contributed by atoms with Gasteiger partial charge in [-0.1, -0.05) is 0 Å². The van der Waals surface area contributed by atoms with E-state index >= 15 is 0 Å². The minimum absolute atomic E-state index is 0.259. The van der Waals surface area contributed by atoms with Gasteiger partial charge in [0.05, 0.1) is 17.3 Å². The van der Waals surface area contributed by atoms with Gasteiger partial charge in [0.2, 0.25) is 0 Å². The lowest BCUT2D eigenvalue weighted by Gasteiger charge is -2.06. The van der Waals surface area contributed by atoms with Crippen molar-refractivity contribution in [1.82, 2.24) is 9.97 Å². The molecule has 0 spiro atoms. The number of benzene rings is 1. The Labute approximate surface area is 105 Å². The number of anilines is 2. The van der Waals surface area contributed by atoms with E-state index in [0.717, 1.165) is 0 Å². The molecule has 0 aliphatic rings. The van der Waals surface area contributed by atoms with Gasteiger partial charge in [0.15, 0.2) is 0 Å². The summed E-state index contributed by atoms with van der Waals surface area (Å²) in [7, 11) is 0. The number of nitrogens with one attached hydrogen (secondary N) is 1. The Bertz CT molecular complexity index is 594. The molecule has 17 heavy (non-hydrogen) atoms. The second kappa shape index (κ2) is 4.89. The van der Waals surface area contributed by atoms with Gasteiger partial charge in [-0.15, -0.1) is 0 Å². The van der Waals surface area contributed by atoms with Crippen molar-refractivity contribution < 1.29 is 4.39 Å². The summed E-state index contributed by atoms with van der Waals surface area (Å²) in [5.74, 6) is -0.0331. The molecule has 1 N–H and O–H groups in total. The molecular weight excluding hydrogens is 287 g/mol. The van der Waals surface area contributed by atoms with E-state index in [1.807, 2.05) is 6.07 Å². The van der Waals surface area contributed by atoms with Crippen LogP contribution in [-0.4, -0.2) is 9.97 Å². The van der Waals surface area contributed by atoms with Gasteiger partial charge in [0, 0.05) is 6.07 Å². The van der Waals surface area contributed by atoms with Crippen LogP contribution in [0.4, 0.5) is 15.9 Å². The van der Waals surface area contributed by atoms with Crippen molar-refractivity contribution in [2.45, 2.75) is 0 Å². The largest absolute Gasteiger partial charge is 0.338 e. The van der Waals surface area contributed by atoms with Crippen LogP contribution in [0.15, 0.2) is 35.2 Å². The van der Waals surface area contributed by atoms with E-state index in [2.05, 4.69) is 31.2 Å².